The number of hydrogen-bond acceptors (Lipinski definition) is 3. The first-order chi connectivity index (χ1) is 16.4. The molecule has 1 aromatic rings. The van der Waals surface area contributed by atoms with Gasteiger partial charge in [0.15, 0.2) is 0 Å². The Kier molecular flexibility index (Phi) is 15.1. The van der Waals surface area contributed by atoms with Crippen LogP contribution in [-0.4, -0.2) is 47.5 Å². The molecule has 0 bridgehead atoms. The zero-order valence-electron chi connectivity index (χ0n) is 23.4. The van der Waals surface area contributed by atoms with Crippen LogP contribution in [0.4, 0.5) is 0 Å². The Morgan fingerprint density at radius 2 is 1.79 bits per heavy atom. The Bertz CT molecular complexity index is 861. The van der Waals surface area contributed by atoms with E-state index in [2.05, 4.69) is 42.9 Å². The number of rotatable bonds is 4. The van der Waals surface area contributed by atoms with Crippen molar-refractivity contribution in [2.24, 2.45) is 5.92 Å². The van der Waals surface area contributed by atoms with E-state index in [0.29, 0.717) is 19.5 Å². The lowest BCUT2D eigenvalue weighted by molar-refractivity contribution is -0.124. The second-order valence-corrected chi connectivity index (χ2v) is 7.75. The molecule has 3 rings (SSSR count). The summed E-state index contributed by atoms with van der Waals surface area (Å²) in [5.74, 6) is 0.0292. The van der Waals surface area contributed by atoms with E-state index < -0.39 is 0 Å². The number of amides is 1. The number of fused-ring (bicyclic) bond motifs is 2. The fourth-order valence-corrected chi connectivity index (χ4v) is 4.48. The van der Waals surface area contributed by atoms with Crippen LogP contribution in [0, 0.1) is 12.8 Å². The molecule has 5 heteroatoms. The topological polar surface area (TPSA) is 54.3 Å². The zero-order valence-corrected chi connectivity index (χ0v) is 23.4. The highest BCUT2D eigenvalue weighted by molar-refractivity contribution is 5.82. The number of aromatic nitrogens is 1. The van der Waals surface area contributed by atoms with Gasteiger partial charge in [0.05, 0.1) is 5.92 Å². The van der Waals surface area contributed by atoms with E-state index >= 15 is 0 Å². The number of nitrogens with zero attached hydrogens (tertiary/aromatic N) is 2. The second kappa shape index (κ2) is 16.3. The lowest BCUT2D eigenvalue weighted by Crippen LogP contribution is -2.46. The molecule has 192 valence electrons. The molecule has 0 aromatic carbocycles. The minimum atomic E-state index is -0.126. The van der Waals surface area contributed by atoms with Gasteiger partial charge in [-0.05, 0) is 62.9 Å². The Balaban J connectivity index is 0.00000168. The van der Waals surface area contributed by atoms with Crippen LogP contribution in [0.5, 0.6) is 0 Å². The van der Waals surface area contributed by atoms with Crippen LogP contribution in [-0.2, 0) is 17.6 Å². The number of hydrogen-bond donors (Lipinski definition) is 1. The van der Waals surface area contributed by atoms with Gasteiger partial charge in [0, 0.05) is 37.4 Å². The number of carbonyl (C=O) groups excluding carboxylic acids is 2. The molecule has 2 aliphatic rings. The molecule has 0 spiro atoms. The van der Waals surface area contributed by atoms with E-state index in [4.69, 9.17) is 0 Å². The zero-order chi connectivity index (χ0) is 26.4. The molecule has 1 aliphatic heterocycles. The van der Waals surface area contributed by atoms with Crippen molar-refractivity contribution in [1.82, 2.24) is 14.8 Å². The van der Waals surface area contributed by atoms with Gasteiger partial charge in [-0.25, -0.2) is 0 Å². The molecule has 5 nitrogen and oxygen atoms in total. The molecule has 1 N–H and O–H groups in total. The predicted molar refractivity (Wildman–Crippen MR) is 146 cm³/mol. The van der Waals surface area contributed by atoms with Gasteiger partial charge in [0.25, 0.3) is 0 Å². The lowest BCUT2D eigenvalue weighted by Gasteiger charge is -2.37. The van der Waals surface area contributed by atoms with Crippen LogP contribution < -0.4 is 5.32 Å². The van der Waals surface area contributed by atoms with Gasteiger partial charge in [0.2, 0.25) is 11.8 Å². The van der Waals surface area contributed by atoms with E-state index in [0.717, 1.165) is 18.5 Å². The molecule has 0 saturated heterocycles. The van der Waals surface area contributed by atoms with Crippen molar-refractivity contribution in [3.05, 3.63) is 59.0 Å². The van der Waals surface area contributed by atoms with Crippen molar-refractivity contribution < 1.29 is 9.59 Å². The van der Waals surface area contributed by atoms with Crippen molar-refractivity contribution in [1.29, 1.82) is 0 Å². The van der Waals surface area contributed by atoms with E-state index in [1.807, 2.05) is 61.6 Å². The Hall–Kier alpha value is -2.40. The van der Waals surface area contributed by atoms with Crippen molar-refractivity contribution in [3.63, 3.8) is 0 Å². The highest BCUT2D eigenvalue weighted by atomic mass is 16.2. The van der Waals surface area contributed by atoms with E-state index in [1.54, 1.807) is 10.6 Å². The first-order valence-corrected chi connectivity index (χ1v) is 13.1. The average Bonchev–Trinajstić information content (AvgIpc) is 3.07. The van der Waals surface area contributed by atoms with Gasteiger partial charge in [-0.1, -0.05) is 59.8 Å². The molecule has 2 atom stereocenters. The van der Waals surface area contributed by atoms with Crippen LogP contribution in [0.2, 0.25) is 0 Å². The first kappa shape index (κ1) is 31.6. The first-order valence-electron chi connectivity index (χ1n) is 13.1. The quantitative estimate of drug-likeness (QED) is 0.538. The summed E-state index contributed by atoms with van der Waals surface area (Å²) in [6.45, 7) is 23.1. The molecule has 34 heavy (non-hydrogen) atoms. The van der Waals surface area contributed by atoms with Gasteiger partial charge in [-0.2, -0.15) is 0 Å². The van der Waals surface area contributed by atoms with Crippen LogP contribution in [0.15, 0.2) is 42.2 Å². The van der Waals surface area contributed by atoms with Crippen LogP contribution in [0.1, 0.15) is 83.4 Å². The van der Waals surface area contributed by atoms with Crippen LogP contribution >= 0.6 is 0 Å². The maximum atomic E-state index is 12.5. The van der Waals surface area contributed by atoms with Crippen molar-refractivity contribution in [2.45, 2.75) is 87.6 Å². The molecule has 0 unspecified atom stereocenters. The average molecular weight is 472 g/mol. The summed E-state index contributed by atoms with van der Waals surface area (Å²) in [5, 5.41) is 2.95. The third kappa shape index (κ3) is 7.30. The summed E-state index contributed by atoms with van der Waals surface area (Å²) >= 11 is 0. The predicted octanol–water partition coefficient (Wildman–Crippen LogP) is 6.13. The number of carbonyl (C=O) groups is 2. The minimum Gasteiger partial charge on any atom is -0.356 e. The number of likely N-dealkylation sites (N-methyl/N-ethyl adjacent to an activating group) is 1. The summed E-state index contributed by atoms with van der Waals surface area (Å²) in [5.41, 5.74) is 5.99. The van der Waals surface area contributed by atoms with Crippen molar-refractivity contribution in [3.8, 4) is 0 Å². The fraction of sp³-hybridized carbons (Fsp3) is 0.586. The Morgan fingerprint density at radius 1 is 1.18 bits per heavy atom. The van der Waals surface area contributed by atoms with Crippen molar-refractivity contribution in [2.75, 3.05) is 20.1 Å². The third-order valence-corrected chi connectivity index (χ3v) is 6.00. The van der Waals surface area contributed by atoms with Crippen LogP contribution in [0.3, 0.4) is 0 Å². The summed E-state index contributed by atoms with van der Waals surface area (Å²) < 4.78 is 1.79. The maximum absolute atomic E-state index is 12.5. The number of allylic oxidation sites excluding steroid dienone is 2. The lowest BCUT2D eigenvalue weighted by atomic mass is 9.86. The summed E-state index contributed by atoms with van der Waals surface area (Å²) in [6, 6.07) is 0.225. The summed E-state index contributed by atoms with van der Waals surface area (Å²) in [7, 11) is 2.09. The summed E-state index contributed by atoms with van der Waals surface area (Å²) in [6.07, 6.45) is 9.98. The molecule has 1 aromatic heterocycles. The molecular formula is C29H49N3O2. The SMILES string of the molecule is C=CCC(=O)n1cc2c(c1C)C/C(=C\C)C1=C[C@@H](C(=O)NCC)CN(C)[C@@H]1C2.CC.CC.CC. The Labute approximate surface area is 209 Å². The largest absolute Gasteiger partial charge is 0.356 e. The molecule has 1 amide bonds. The van der Waals surface area contributed by atoms with E-state index in [9.17, 15) is 9.59 Å². The third-order valence-electron chi connectivity index (χ3n) is 6.00. The van der Waals surface area contributed by atoms with E-state index in [-0.39, 0.29) is 23.8 Å². The maximum Gasteiger partial charge on any atom is 0.234 e. The van der Waals surface area contributed by atoms with Gasteiger partial charge in [-0.15, -0.1) is 6.58 Å². The van der Waals surface area contributed by atoms with Gasteiger partial charge in [0.1, 0.15) is 0 Å². The standard InChI is InChI=1S/C23H31N3O2.3C2H6/c1-6-9-22(27)26-14-17-12-21-20(16(7-2)10-19(17)15(26)4)11-18(13-25(21)5)23(28)24-8-3;3*1-2/h6-7,11,14,18,21H,1,8-10,12-13H2,2-5H3,(H,24,28);3*1-2H3/b16-7+;;;/t18-,21-;;;/m1.../s1. The monoisotopic (exact) mass is 471 g/mol. The summed E-state index contributed by atoms with van der Waals surface area (Å²) in [4.78, 5) is 27.2. The molecule has 2 heterocycles. The Morgan fingerprint density at radius 3 is 2.32 bits per heavy atom. The van der Waals surface area contributed by atoms with Crippen LogP contribution in [0.25, 0.3) is 0 Å². The molecule has 0 saturated carbocycles. The van der Waals surface area contributed by atoms with E-state index in [1.165, 1.54) is 22.3 Å². The molecular weight excluding hydrogens is 422 g/mol. The smallest absolute Gasteiger partial charge is 0.234 e. The molecule has 0 fully saturated rings. The van der Waals surface area contributed by atoms with Gasteiger partial charge >= 0.3 is 0 Å². The fourth-order valence-electron chi connectivity index (χ4n) is 4.48. The highest BCUT2D eigenvalue weighted by Gasteiger charge is 2.35. The molecule has 1 aliphatic carbocycles. The molecule has 0 radical (unpaired) electrons. The second-order valence-electron chi connectivity index (χ2n) is 7.75. The normalized spacial score (nSPS) is 19.8. The number of nitrogens with one attached hydrogen (secondary N) is 1. The van der Waals surface area contributed by atoms with Gasteiger partial charge < -0.3 is 5.32 Å². The highest BCUT2D eigenvalue weighted by Crippen LogP contribution is 2.36. The minimum absolute atomic E-state index is 0.0617. The van der Waals surface area contributed by atoms with Crippen molar-refractivity contribution >= 4 is 11.8 Å². The van der Waals surface area contributed by atoms with Gasteiger partial charge in [-0.3, -0.25) is 19.1 Å².